The zero-order valence-corrected chi connectivity index (χ0v) is 40.1. The van der Waals surface area contributed by atoms with Gasteiger partial charge >= 0.3 is 11.9 Å². The van der Waals surface area contributed by atoms with Crippen LogP contribution in [0, 0.1) is 11.8 Å². The minimum absolute atomic E-state index is 0.0127. The normalized spacial score (nSPS) is 12.7. The third kappa shape index (κ3) is 32.1. The predicted octanol–water partition coefficient (Wildman–Crippen LogP) is 13.6. The number of rotatable bonds is 41. The third-order valence-electron chi connectivity index (χ3n) is 11.7. The summed E-state index contributed by atoms with van der Waals surface area (Å²) in [6.07, 6.45) is 31.7. The lowest BCUT2D eigenvalue weighted by atomic mass is 9.94. The molecular weight excluding hydrogens is 727 g/mol. The summed E-state index contributed by atoms with van der Waals surface area (Å²) < 4.78 is 11.9. The Morgan fingerprint density at radius 1 is 0.474 bits per heavy atom. The number of carbonyl (C=O) groups is 2. The molecule has 2 atom stereocenters. The van der Waals surface area contributed by atoms with Crippen molar-refractivity contribution in [1.82, 2.24) is 15.1 Å². The van der Waals surface area contributed by atoms with E-state index in [-0.39, 0.29) is 23.8 Å². The van der Waals surface area contributed by atoms with Crippen molar-refractivity contribution in [3.8, 4) is 0 Å². The summed E-state index contributed by atoms with van der Waals surface area (Å²) in [4.78, 5) is 31.4. The van der Waals surface area contributed by atoms with Gasteiger partial charge in [-0.25, -0.2) is 0 Å². The smallest absolute Gasteiger partial charge is 0.308 e. The molecule has 0 aromatic rings. The van der Waals surface area contributed by atoms with E-state index in [9.17, 15) is 9.59 Å². The van der Waals surface area contributed by atoms with Gasteiger partial charge in [-0.2, -0.15) is 0 Å². The maximum atomic E-state index is 13.3. The summed E-state index contributed by atoms with van der Waals surface area (Å²) in [6, 6.07) is 1.08. The first-order valence-electron chi connectivity index (χ1n) is 24.7. The van der Waals surface area contributed by atoms with E-state index in [1.807, 2.05) is 0 Å². The fourth-order valence-electron chi connectivity index (χ4n) is 7.98. The Kier molecular flexibility index (Phi) is 39.0. The topological polar surface area (TPSA) is 71.1 Å². The highest BCUT2D eigenvalue weighted by Gasteiger charge is 2.21. The highest BCUT2D eigenvalue weighted by Crippen LogP contribution is 2.22. The van der Waals surface area contributed by atoms with Crippen LogP contribution < -0.4 is 5.32 Å². The quantitative estimate of drug-likeness (QED) is 0.0371. The van der Waals surface area contributed by atoms with Crippen molar-refractivity contribution >= 4 is 29.3 Å². The van der Waals surface area contributed by atoms with E-state index in [4.69, 9.17) is 21.7 Å². The van der Waals surface area contributed by atoms with Gasteiger partial charge in [0.25, 0.3) is 0 Å². The Labute approximate surface area is 360 Å². The van der Waals surface area contributed by atoms with Crippen molar-refractivity contribution in [1.29, 1.82) is 0 Å². The Morgan fingerprint density at radius 2 is 0.825 bits per heavy atom. The molecule has 2 unspecified atom stereocenters. The van der Waals surface area contributed by atoms with Gasteiger partial charge in [0, 0.05) is 31.7 Å². The van der Waals surface area contributed by atoms with Gasteiger partial charge in [0.05, 0.1) is 25.0 Å². The molecule has 7 nitrogen and oxygen atoms in total. The molecule has 0 saturated carbocycles. The second-order valence-electron chi connectivity index (χ2n) is 17.6. The molecule has 0 aliphatic heterocycles. The molecule has 0 aliphatic carbocycles. The lowest BCUT2D eigenvalue weighted by Gasteiger charge is -2.30. The first-order valence-corrected chi connectivity index (χ1v) is 25.1. The molecule has 0 aliphatic rings. The summed E-state index contributed by atoms with van der Waals surface area (Å²) in [5.74, 6) is 0.00310. The SMILES string of the molecule is CCCCCCCCC(CCCCCC)C(=O)OCCCN(CCCOC(=O)C(CCCCCC)CCCCCCCC)C(=S)NCCCCN(C(C)C)C(C)C. The highest BCUT2D eigenvalue weighted by atomic mass is 32.1. The van der Waals surface area contributed by atoms with Crippen LogP contribution in [0.15, 0.2) is 0 Å². The van der Waals surface area contributed by atoms with E-state index in [0.717, 1.165) is 95.3 Å². The average Bonchev–Trinajstić information content (AvgIpc) is 3.19. The Hall–Kier alpha value is -1.41. The van der Waals surface area contributed by atoms with E-state index in [1.165, 1.54) is 103 Å². The summed E-state index contributed by atoms with van der Waals surface area (Å²) in [5.41, 5.74) is 0. The number of carbonyl (C=O) groups excluding carboxylic acids is 2. The molecule has 8 heteroatoms. The first kappa shape index (κ1) is 55.6. The van der Waals surface area contributed by atoms with Gasteiger partial charge in [-0.3, -0.25) is 14.5 Å². The van der Waals surface area contributed by atoms with E-state index in [2.05, 4.69) is 70.5 Å². The van der Waals surface area contributed by atoms with Gasteiger partial charge in [0.1, 0.15) is 0 Å². The van der Waals surface area contributed by atoms with Crippen LogP contribution >= 0.6 is 12.2 Å². The number of unbranched alkanes of at least 4 members (excludes halogenated alkanes) is 17. The molecule has 0 amide bonds. The predicted molar refractivity (Wildman–Crippen MR) is 250 cm³/mol. The fraction of sp³-hybridized carbons (Fsp3) is 0.939. The Morgan fingerprint density at radius 3 is 1.19 bits per heavy atom. The van der Waals surface area contributed by atoms with Crippen molar-refractivity contribution in [2.75, 3.05) is 39.4 Å². The van der Waals surface area contributed by atoms with Gasteiger partial charge in [-0.05, 0) is 97.8 Å². The zero-order valence-electron chi connectivity index (χ0n) is 39.3. The molecule has 338 valence electrons. The van der Waals surface area contributed by atoms with Crippen molar-refractivity contribution in [2.45, 2.75) is 247 Å². The van der Waals surface area contributed by atoms with Crippen LogP contribution in [0.25, 0.3) is 0 Å². The molecule has 0 aromatic heterocycles. The fourth-order valence-corrected chi connectivity index (χ4v) is 8.27. The van der Waals surface area contributed by atoms with Gasteiger partial charge in [0.2, 0.25) is 0 Å². The number of esters is 2. The molecule has 0 aromatic carbocycles. The molecule has 57 heavy (non-hydrogen) atoms. The number of thiocarbonyl (C=S) groups is 1. The first-order chi connectivity index (χ1) is 27.6. The van der Waals surface area contributed by atoms with Crippen LogP contribution in [0.5, 0.6) is 0 Å². The zero-order chi connectivity index (χ0) is 42.4. The van der Waals surface area contributed by atoms with Crippen molar-refractivity contribution in [3.63, 3.8) is 0 Å². The van der Waals surface area contributed by atoms with Crippen molar-refractivity contribution in [2.24, 2.45) is 11.8 Å². The largest absolute Gasteiger partial charge is 0.465 e. The average molecular weight is 824 g/mol. The molecule has 0 saturated heterocycles. The van der Waals surface area contributed by atoms with E-state index >= 15 is 0 Å². The number of hydrogen-bond acceptors (Lipinski definition) is 6. The molecule has 0 radical (unpaired) electrons. The monoisotopic (exact) mass is 824 g/mol. The summed E-state index contributed by atoms with van der Waals surface area (Å²) in [6.45, 7) is 22.2. The molecule has 0 rings (SSSR count). The lowest BCUT2D eigenvalue weighted by Crippen LogP contribution is -2.42. The highest BCUT2D eigenvalue weighted by molar-refractivity contribution is 7.80. The van der Waals surface area contributed by atoms with E-state index in [1.54, 1.807) is 0 Å². The van der Waals surface area contributed by atoms with Gasteiger partial charge < -0.3 is 19.7 Å². The van der Waals surface area contributed by atoms with Crippen LogP contribution in [0.4, 0.5) is 0 Å². The van der Waals surface area contributed by atoms with Crippen LogP contribution in [-0.4, -0.2) is 78.3 Å². The number of nitrogens with zero attached hydrogens (tertiary/aromatic N) is 2. The number of hydrogen-bond donors (Lipinski definition) is 1. The molecule has 0 heterocycles. The van der Waals surface area contributed by atoms with Crippen molar-refractivity contribution < 1.29 is 19.1 Å². The van der Waals surface area contributed by atoms with Crippen LogP contribution in [0.2, 0.25) is 0 Å². The minimum Gasteiger partial charge on any atom is -0.465 e. The van der Waals surface area contributed by atoms with Gasteiger partial charge in [-0.15, -0.1) is 0 Å². The maximum absolute atomic E-state index is 13.3. The summed E-state index contributed by atoms with van der Waals surface area (Å²) in [5, 5.41) is 4.27. The maximum Gasteiger partial charge on any atom is 0.308 e. The molecule has 0 bridgehead atoms. The summed E-state index contributed by atoms with van der Waals surface area (Å²) >= 11 is 5.94. The second-order valence-corrected chi connectivity index (χ2v) is 18.0. The number of ether oxygens (including phenoxy) is 2. The Bertz CT molecular complexity index is 872. The third-order valence-corrected chi connectivity index (χ3v) is 12.1. The van der Waals surface area contributed by atoms with Crippen LogP contribution in [0.1, 0.15) is 235 Å². The van der Waals surface area contributed by atoms with E-state index in [0.29, 0.717) is 38.4 Å². The van der Waals surface area contributed by atoms with E-state index < -0.39 is 0 Å². The minimum atomic E-state index is -0.0127. The number of nitrogens with one attached hydrogen (secondary N) is 1. The Balaban J connectivity index is 5.25. The second kappa shape index (κ2) is 40.0. The van der Waals surface area contributed by atoms with Crippen molar-refractivity contribution in [3.05, 3.63) is 0 Å². The molecule has 1 N–H and O–H groups in total. The molecule has 0 spiro atoms. The standard InChI is InChI=1S/C49H97N3O4S/c1-9-13-17-21-23-27-35-45(33-25-19-15-11-3)47(53)55-41-31-38-51(49(57)50-37-29-30-40-52(43(5)6)44(7)8)39-32-42-56-48(54)46(34-26-20-16-12-4)36-28-24-22-18-14-10-2/h43-46H,9-42H2,1-8H3,(H,50,57). The van der Waals surface area contributed by atoms with Gasteiger partial charge in [0.15, 0.2) is 5.11 Å². The van der Waals surface area contributed by atoms with Crippen LogP contribution in [-0.2, 0) is 19.1 Å². The summed E-state index contributed by atoms with van der Waals surface area (Å²) in [7, 11) is 0. The molecule has 0 fully saturated rings. The molecular formula is C49H97N3O4S. The van der Waals surface area contributed by atoms with Crippen LogP contribution in [0.3, 0.4) is 0 Å². The lowest BCUT2D eigenvalue weighted by molar-refractivity contribution is -0.150. The van der Waals surface area contributed by atoms with Gasteiger partial charge in [-0.1, -0.05) is 156 Å².